The van der Waals surface area contributed by atoms with E-state index in [0.717, 1.165) is 17.9 Å². The van der Waals surface area contributed by atoms with E-state index in [0.29, 0.717) is 23.7 Å². The Morgan fingerprint density at radius 1 is 1.56 bits per heavy atom. The number of nitrogens with zero attached hydrogens (tertiary/aromatic N) is 1. The number of aryl methyl sites for hydroxylation is 1. The number of carbonyl (C=O) groups is 1. The number of pyridine rings is 1. The Hall–Kier alpha value is -1.23. The molecule has 1 fully saturated rings. The fourth-order valence-electron chi connectivity index (χ4n) is 2.46. The van der Waals surface area contributed by atoms with Gasteiger partial charge in [-0.05, 0) is 43.3 Å². The molecular formula is C13H17NO3S. The van der Waals surface area contributed by atoms with E-state index in [1.54, 1.807) is 18.4 Å². The van der Waals surface area contributed by atoms with Gasteiger partial charge in [-0.3, -0.25) is 4.79 Å². The smallest absolute Gasteiger partial charge is 0.337 e. The summed E-state index contributed by atoms with van der Waals surface area (Å²) in [7, 11) is 0. The van der Waals surface area contributed by atoms with E-state index < -0.39 is 5.97 Å². The van der Waals surface area contributed by atoms with Crippen LogP contribution in [-0.4, -0.2) is 27.1 Å². The predicted octanol–water partition coefficient (Wildman–Crippen LogP) is 1.92. The van der Waals surface area contributed by atoms with Gasteiger partial charge in [-0.25, -0.2) is 4.79 Å². The number of carboxylic acid groups (broad SMARTS) is 1. The summed E-state index contributed by atoms with van der Waals surface area (Å²) in [4.78, 5) is 23.2. The maximum absolute atomic E-state index is 12.0. The van der Waals surface area contributed by atoms with Crippen LogP contribution in [0.4, 0.5) is 0 Å². The summed E-state index contributed by atoms with van der Waals surface area (Å²) in [5, 5.41) is 9.20. The normalized spacial score (nSPS) is 19.1. The molecule has 2 heterocycles. The molecule has 1 saturated heterocycles. The average molecular weight is 267 g/mol. The number of aromatic carboxylic acids is 1. The van der Waals surface area contributed by atoms with Crippen LogP contribution in [0.2, 0.25) is 0 Å². The van der Waals surface area contributed by atoms with Gasteiger partial charge in [-0.1, -0.05) is 0 Å². The van der Waals surface area contributed by atoms with Crippen molar-refractivity contribution in [2.24, 2.45) is 5.92 Å². The van der Waals surface area contributed by atoms with Crippen molar-refractivity contribution < 1.29 is 9.90 Å². The average Bonchev–Trinajstić information content (AvgIpc) is 2.75. The lowest BCUT2D eigenvalue weighted by Gasteiger charge is -2.17. The molecule has 5 heteroatoms. The third kappa shape index (κ3) is 2.46. The van der Waals surface area contributed by atoms with Gasteiger partial charge in [0.15, 0.2) is 0 Å². The van der Waals surface area contributed by atoms with Crippen LogP contribution in [0.3, 0.4) is 0 Å². The second-order valence-corrected chi connectivity index (χ2v) is 5.92. The van der Waals surface area contributed by atoms with Crippen molar-refractivity contribution in [3.8, 4) is 0 Å². The molecule has 0 aliphatic carbocycles. The predicted molar refractivity (Wildman–Crippen MR) is 72.6 cm³/mol. The minimum atomic E-state index is -0.959. The Bertz CT molecular complexity index is 530. The number of rotatable bonds is 3. The maximum atomic E-state index is 12.0. The number of hydrogen-bond donors (Lipinski definition) is 1. The molecule has 0 spiro atoms. The molecule has 0 saturated carbocycles. The Balaban J connectivity index is 2.42. The van der Waals surface area contributed by atoms with Crippen molar-refractivity contribution in [2.45, 2.75) is 26.8 Å². The van der Waals surface area contributed by atoms with E-state index in [9.17, 15) is 14.7 Å². The molecule has 1 aromatic heterocycles. The fraction of sp³-hybridized carbons (Fsp3) is 0.538. The van der Waals surface area contributed by atoms with Crippen molar-refractivity contribution in [2.75, 3.05) is 11.5 Å². The van der Waals surface area contributed by atoms with Gasteiger partial charge in [0, 0.05) is 18.3 Å². The monoisotopic (exact) mass is 267 g/mol. The highest BCUT2D eigenvalue weighted by atomic mass is 32.2. The first-order chi connectivity index (χ1) is 8.50. The molecular weight excluding hydrogens is 250 g/mol. The molecule has 2 rings (SSSR count). The quantitative estimate of drug-likeness (QED) is 0.909. The summed E-state index contributed by atoms with van der Waals surface area (Å²) in [6.07, 6.45) is 1.10. The summed E-state index contributed by atoms with van der Waals surface area (Å²) in [5.74, 6) is 1.72. The molecule has 1 unspecified atom stereocenters. The molecule has 1 aliphatic heterocycles. The van der Waals surface area contributed by atoms with E-state index >= 15 is 0 Å². The van der Waals surface area contributed by atoms with Crippen molar-refractivity contribution in [1.29, 1.82) is 0 Å². The molecule has 1 aliphatic rings. The standard InChI is InChI=1S/C13H17NO3S/c1-8-5-11(15)14(6-10-3-4-18-7-10)9(2)12(8)13(16)17/h5,10H,3-4,6-7H2,1-2H3,(H,16,17). The van der Waals surface area contributed by atoms with Crippen molar-refractivity contribution in [3.63, 3.8) is 0 Å². The van der Waals surface area contributed by atoms with E-state index in [1.165, 1.54) is 6.07 Å². The zero-order valence-electron chi connectivity index (χ0n) is 10.6. The maximum Gasteiger partial charge on any atom is 0.337 e. The zero-order chi connectivity index (χ0) is 13.3. The summed E-state index contributed by atoms with van der Waals surface area (Å²) >= 11 is 1.90. The first kappa shape index (κ1) is 13.2. The Kier molecular flexibility index (Phi) is 3.80. The van der Waals surface area contributed by atoms with Gasteiger partial charge in [0.1, 0.15) is 0 Å². The molecule has 0 aromatic carbocycles. The minimum absolute atomic E-state index is 0.0908. The highest BCUT2D eigenvalue weighted by molar-refractivity contribution is 7.99. The second-order valence-electron chi connectivity index (χ2n) is 4.77. The molecule has 4 nitrogen and oxygen atoms in total. The van der Waals surface area contributed by atoms with Crippen LogP contribution < -0.4 is 5.56 Å². The lowest BCUT2D eigenvalue weighted by Crippen LogP contribution is -2.28. The number of thioether (sulfide) groups is 1. The van der Waals surface area contributed by atoms with Crippen LogP contribution in [0, 0.1) is 19.8 Å². The van der Waals surface area contributed by atoms with Gasteiger partial charge in [-0.15, -0.1) is 0 Å². The highest BCUT2D eigenvalue weighted by Gasteiger charge is 2.20. The first-order valence-corrected chi connectivity index (χ1v) is 7.18. The van der Waals surface area contributed by atoms with Gasteiger partial charge >= 0.3 is 5.97 Å². The number of carboxylic acids is 1. The summed E-state index contributed by atoms with van der Waals surface area (Å²) < 4.78 is 1.62. The van der Waals surface area contributed by atoms with Gasteiger partial charge in [0.2, 0.25) is 0 Å². The van der Waals surface area contributed by atoms with Gasteiger partial charge in [-0.2, -0.15) is 11.8 Å². The zero-order valence-corrected chi connectivity index (χ0v) is 11.4. The van der Waals surface area contributed by atoms with Crippen molar-refractivity contribution in [1.82, 2.24) is 4.57 Å². The molecule has 18 heavy (non-hydrogen) atoms. The Labute approximate surface area is 110 Å². The molecule has 0 amide bonds. The molecule has 1 atom stereocenters. The van der Waals surface area contributed by atoms with Crippen molar-refractivity contribution >= 4 is 17.7 Å². The molecule has 1 N–H and O–H groups in total. The van der Waals surface area contributed by atoms with Gasteiger partial charge in [0.25, 0.3) is 5.56 Å². The fourth-order valence-corrected chi connectivity index (χ4v) is 3.73. The van der Waals surface area contributed by atoms with E-state index in [-0.39, 0.29) is 11.1 Å². The third-order valence-electron chi connectivity index (χ3n) is 3.45. The van der Waals surface area contributed by atoms with E-state index in [1.807, 2.05) is 11.8 Å². The lowest BCUT2D eigenvalue weighted by atomic mass is 10.1. The van der Waals surface area contributed by atoms with Crippen LogP contribution >= 0.6 is 11.8 Å². The Morgan fingerprint density at radius 3 is 2.83 bits per heavy atom. The Morgan fingerprint density at radius 2 is 2.28 bits per heavy atom. The van der Waals surface area contributed by atoms with E-state index in [4.69, 9.17) is 0 Å². The van der Waals surface area contributed by atoms with Crippen LogP contribution in [0.5, 0.6) is 0 Å². The summed E-state index contributed by atoms with van der Waals surface area (Å²) in [6, 6.07) is 1.43. The van der Waals surface area contributed by atoms with Gasteiger partial charge in [0.05, 0.1) is 5.56 Å². The topological polar surface area (TPSA) is 59.3 Å². The lowest BCUT2D eigenvalue weighted by molar-refractivity contribution is 0.0694. The molecule has 1 aromatic rings. The summed E-state index contributed by atoms with van der Waals surface area (Å²) in [6.45, 7) is 4.03. The largest absolute Gasteiger partial charge is 0.478 e. The third-order valence-corrected chi connectivity index (χ3v) is 4.68. The summed E-state index contributed by atoms with van der Waals surface area (Å²) in [5.41, 5.74) is 1.29. The second kappa shape index (κ2) is 5.18. The van der Waals surface area contributed by atoms with Crippen LogP contribution in [0.15, 0.2) is 10.9 Å². The molecule has 0 radical (unpaired) electrons. The number of hydrogen-bond acceptors (Lipinski definition) is 3. The number of aromatic nitrogens is 1. The van der Waals surface area contributed by atoms with Crippen LogP contribution in [-0.2, 0) is 6.54 Å². The first-order valence-electron chi connectivity index (χ1n) is 6.02. The highest BCUT2D eigenvalue weighted by Crippen LogP contribution is 2.25. The van der Waals surface area contributed by atoms with Gasteiger partial charge < -0.3 is 9.67 Å². The molecule has 0 bridgehead atoms. The van der Waals surface area contributed by atoms with E-state index in [2.05, 4.69) is 0 Å². The van der Waals surface area contributed by atoms with Crippen LogP contribution in [0.1, 0.15) is 28.0 Å². The minimum Gasteiger partial charge on any atom is -0.478 e. The SMILES string of the molecule is Cc1cc(=O)n(CC2CCSC2)c(C)c1C(=O)O. The van der Waals surface area contributed by atoms with Crippen LogP contribution in [0.25, 0.3) is 0 Å². The van der Waals surface area contributed by atoms with Crippen molar-refractivity contribution in [3.05, 3.63) is 33.2 Å². The molecule has 98 valence electrons.